The zero-order chi connectivity index (χ0) is 21.2. The average molecular weight is 437 g/mol. The summed E-state index contributed by atoms with van der Waals surface area (Å²) in [7, 11) is 0. The molecule has 0 amide bonds. The summed E-state index contributed by atoms with van der Waals surface area (Å²) in [6, 6.07) is 4.53. The minimum atomic E-state index is -0.469. The van der Waals surface area contributed by atoms with Crippen molar-refractivity contribution < 1.29 is 4.39 Å². The second kappa shape index (κ2) is 6.58. The monoisotopic (exact) mass is 436 g/mol. The van der Waals surface area contributed by atoms with Crippen LogP contribution in [0.15, 0.2) is 43.1 Å². The van der Waals surface area contributed by atoms with Crippen LogP contribution in [0, 0.1) is 5.82 Å². The van der Waals surface area contributed by atoms with Crippen LogP contribution < -0.4 is 4.90 Å². The summed E-state index contributed by atoms with van der Waals surface area (Å²) >= 11 is 5.99. The lowest BCUT2D eigenvalue weighted by molar-refractivity contribution is 0.382. The number of hydrogen-bond acceptors (Lipinski definition) is 6. The molecule has 1 aromatic carbocycles. The highest BCUT2D eigenvalue weighted by Gasteiger charge is 2.49. The Bertz CT molecular complexity index is 1310. The van der Waals surface area contributed by atoms with Crippen molar-refractivity contribution in [2.75, 3.05) is 11.4 Å². The van der Waals surface area contributed by atoms with Gasteiger partial charge in [0, 0.05) is 24.5 Å². The Labute approximate surface area is 182 Å². The molecule has 1 saturated heterocycles. The molecule has 0 spiro atoms. The molecule has 3 aromatic heterocycles. The Morgan fingerprint density at radius 3 is 2.97 bits per heavy atom. The van der Waals surface area contributed by atoms with Crippen LogP contribution in [0.1, 0.15) is 32.0 Å². The average Bonchev–Trinajstić information content (AvgIpc) is 3.54. The Balaban J connectivity index is 1.51. The Morgan fingerprint density at radius 2 is 2.13 bits per heavy atom. The highest BCUT2D eigenvalue weighted by atomic mass is 35.5. The lowest BCUT2D eigenvalue weighted by atomic mass is 9.90. The van der Waals surface area contributed by atoms with Gasteiger partial charge >= 0.3 is 0 Å². The van der Waals surface area contributed by atoms with E-state index in [0.29, 0.717) is 17.3 Å². The van der Waals surface area contributed by atoms with Crippen molar-refractivity contribution in [1.82, 2.24) is 34.3 Å². The standard InChI is InChI=1S/C21H18ClFN8/c1-2-21-6-3-8-31(21)18-16(30-12-26-28-19(21)30)11-25-20(27-18)29-9-7-24-17(29)13-4-5-15(23)14(22)10-13/h4-5,7,9-12H,2-3,6,8H2,1H3. The molecule has 0 bridgehead atoms. The van der Waals surface area contributed by atoms with Gasteiger partial charge in [0.2, 0.25) is 5.95 Å². The fourth-order valence-electron chi connectivity index (χ4n) is 4.83. The summed E-state index contributed by atoms with van der Waals surface area (Å²) < 4.78 is 17.4. The number of halogens is 2. The molecule has 1 fully saturated rings. The van der Waals surface area contributed by atoms with Gasteiger partial charge < -0.3 is 4.90 Å². The van der Waals surface area contributed by atoms with Crippen molar-refractivity contribution in [2.45, 2.75) is 31.7 Å². The smallest absolute Gasteiger partial charge is 0.237 e. The molecule has 2 aliphatic rings. The fraction of sp³-hybridized carbons (Fsp3) is 0.286. The second-order valence-electron chi connectivity index (χ2n) is 7.79. The normalized spacial score (nSPS) is 19.3. The second-order valence-corrected chi connectivity index (χ2v) is 8.20. The van der Waals surface area contributed by atoms with Gasteiger partial charge in [0.15, 0.2) is 11.6 Å². The number of imidazole rings is 1. The van der Waals surface area contributed by atoms with Crippen molar-refractivity contribution in [3.05, 3.63) is 59.8 Å². The van der Waals surface area contributed by atoms with Crippen LogP contribution in [0.2, 0.25) is 5.02 Å². The Hall–Kier alpha value is -3.33. The topological polar surface area (TPSA) is 77.5 Å². The van der Waals surface area contributed by atoms with E-state index in [1.54, 1.807) is 41.6 Å². The summed E-state index contributed by atoms with van der Waals surface area (Å²) in [5.41, 5.74) is 1.33. The fourth-order valence-corrected chi connectivity index (χ4v) is 5.01. The van der Waals surface area contributed by atoms with Gasteiger partial charge in [-0.15, -0.1) is 10.2 Å². The third-order valence-corrected chi connectivity index (χ3v) is 6.61. The quantitative estimate of drug-likeness (QED) is 0.484. The first-order valence-corrected chi connectivity index (χ1v) is 10.5. The maximum Gasteiger partial charge on any atom is 0.237 e. The van der Waals surface area contributed by atoms with Gasteiger partial charge in [0.25, 0.3) is 0 Å². The Kier molecular flexibility index (Phi) is 3.92. The molecule has 4 aromatic rings. The number of anilines is 1. The van der Waals surface area contributed by atoms with Crippen LogP contribution in [0.25, 0.3) is 23.0 Å². The van der Waals surface area contributed by atoms with Crippen molar-refractivity contribution in [3.8, 4) is 23.0 Å². The van der Waals surface area contributed by atoms with E-state index in [0.717, 1.165) is 43.1 Å². The summed E-state index contributed by atoms with van der Waals surface area (Å²) in [6.45, 7) is 3.07. The van der Waals surface area contributed by atoms with Gasteiger partial charge in [0.1, 0.15) is 29.2 Å². The third kappa shape index (κ3) is 2.49. The number of rotatable bonds is 3. The molecule has 0 N–H and O–H groups in total. The molecule has 1 unspecified atom stereocenters. The van der Waals surface area contributed by atoms with Gasteiger partial charge in [-0.2, -0.15) is 4.98 Å². The van der Waals surface area contributed by atoms with Crippen LogP contribution in [-0.2, 0) is 5.54 Å². The largest absolute Gasteiger partial charge is 0.342 e. The highest BCUT2D eigenvalue weighted by Crippen LogP contribution is 2.48. The maximum atomic E-state index is 13.6. The first-order valence-electron chi connectivity index (χ1n) is 10.2. The zero-order valence-corrected chi connectivity index (χ0v) is 17.5. The number of aromatic nitrogens is 7. The minimum Gasteiger partial charge on any atom is -0.342 e. The van der Waals surface area contributed by atoms with Gasteiger partial charge in [-0.3, -0.25) is 9.13 Å². The maximum absolute atomic E-state index is 13.6. The zero-order valence-electron chi connectivity index (χ0n) is 16.7. The molecule has 5 heterocycles. The van der Waals surface area contributed by atoms with E-state index in [1.807, 2.05) is 4.57 Å². The number of fused-ring (bicyclic) bond motifs is 6. The van der Waals surface area contributed by atoms with Gasteiger partial charge in [-0.25, -0.2) is 14.4 Å². The summed E-state index contributed by atoms with van der Waals surface area (Å²) in [4.78, 5) is 16.3. The first-order chi connectivity index (χ1) is 15.1. The Morgan fingerprint density at radius 1 is 1.23 bits per heavy atom. The summed E-state index contributed by atoms with van der Waals surface area (Å²) in [6.07, 6.45) is 9.96. The third-order valence-electron chi connectivity index (χ3n) is 6.32. The van der Waals surface area contributed by atoms with Crippen LogP contribution in [-0.4, -0.2) is 40.8 Å². The molecule has 6 rings (SSSR count). The lowest BCUT2D eigenvalue weighted by Crippen LogP contribution is -2.46. The minimum absolute atomic E-state index is 0.0448. The van der Waals surface area contributed by atoms with Crippen LogP contribution in [0.3, 0.4) is 0 Å². The summed E-state index contributed by atoms with van der Waals surface area (Å²) in [5.74, 6) is 2.41. The molecule has 31 heavy (non-hydrogen) atoms. The van der Waals surface area contributed by atoms with E-state index >= 15 is 0 Å². The molecule has 2 aliphatic heterocycles. The van der Waals surface area contributed by atoms with Crippen LogP contribution in [0.4, 0.5) is 10.2 Å². The van der Waals surface area contributed by atoms with E-state index < -0.39 is 5.82 Å². The molecule has 1 atom stereocenters. The van der Waals surface area contributed by atoms with Crippen LogP contribution >= 0.6 is 11.6 Å². The van der Waals surface area contributed by atoms with Gasteiger partial charge in [-0.1, -0.05) is 18.5 Å². The molecular formula is C21H18ClFN8. The van der Waals surface area contributed by atoms with Crippen molar-refractivity contribution in [3.63, 3.8) is 0 Å². The molecule has 10 heteroatoms. The van der Waals surface area contributed by atoms with Crippen LogP contribution in [0.5, 0.6) is 0 Å². The molecule has 0 radical (unpaired) electrons. The van der Waals surface area contributed by atoms with E-state index in [9.17, 15) is 4.39 Å². The molecule has 156 valence electrons. The van der Waals surface area contributed by atoms with E-state index in [1.165, 1.54) is 6.07 Å². The van der Waals surface area contributed by atoms with Crippen molar-refractivity contribution in [1.29, 1.82) is 0 Å². The molecule has 0 aliphatic carbocycles. The van der Waals surface area contributed by atoms with Gasteiger partial charge in [-0.05, 0) is 37.5 Å². The summed E-state index contributed by atoms with van der Waals surface area (Å²) in [5, 5.41) is 8.65. The lowest BCUT2D eigenvalue weighted by Gasteiger charge is -2.42. The van der Waals surface area contributed by atoms with Crippen molar-refractivity contribution >= 4 is 17.4 Å². The van der Waals surface area contributed by atoms with Gasteiger partial charge in [0.05, 0.1) is 11.2 Å². The molecule has 0 saturated carbocycles. The highest BCUT2D eigenvalue weighted by molar-refractivity contribution is 6.31. The predicted octanol–water partition coefficient (Wildman–Crippen LogP) is 3.92. The number of nitrogens with zero attached hydrogens (tertiary/aromatic N) is 8. The van der Waals surface area contributed by atoms with E-state index in [2.05, 4.69) is 32.0 Å². The van der Waals surface area contributed by atoms with E-state index in [-0.39, 0.29) is 10.6 Å². The molecule has 8 nitrogen and oxygen atoms in total. The predicted molar refractivity (Wildman–Crippen MR) is 113 cm³/mol. The number of hydrogen-bond donors (Lipinski definition) is 0. The number of benzene rings is 1. The van der Waals surface area contributed by atoms with E-state index in [4.69, 9.17) is 16.6 Å². The SMILES string of the molecule is CCC12CCCN1c1nc(-n3ccnc3-c3ccc(F)c(Cl)c3)ncc1-n1cnnc12. The molecular weight excluding hydrogens is 419 g/mol. The first kappa shape index (κ1) is 18.4. The van der Waals surface area contributed by atoms with Crippen molar-refractivity contribution in [2.24, 2.45) is 0 Å².